The summed E-state index contributed by atoms with van der Waals surface area (Å²) in [6.45, 7) is 2.52. The molecule has 0 radical (unpaired) electrons. The zero-order chi connectivity index (χ0) is 15.2. The third-order valence-electron chi connectivity index (χ3n) is 3.60. The van der Waals surface area contributed by atoms with Crippen molar-refractivity contribution < 1.29 is 14.3 Å². The molecule has 0 spiro atoms. The van der Waals surface area contributed by atoms with E-state index < -0.39 is 12.0 Å². The lowest BCUT2D eigenvalue weighted by atomic mass is 9.99. The third-order valence-corrected chi connectivity index (χ3v) is 3.60. The second-order valence-electron chi connectivity index (χ2n) is 4.91. The highest BCUT2D eigenvalue weighted by Gasteiger charge is 2.38. The molecule has 21 heavy (non-hydrogen) atoms. The maximum atomic E-state index is 12.6. The second kappa shape index (κ2) is 6.89. The summed E-state index contributed by atoms with van der Waals surface area (Å²) in [5, 5.41) is 9.32. The van der Waals surface area contributed by atoms with Crippen molar-refractivity contribution in [2.75, 3.05) is 13.2 Å². The lowest BCUT2D eigenvalue weighted by molar-refractivity contribution is -0.153. The van der Waals surface area contributed by atoms with Crippen LogP contribution in [0.15, 0.2) is 30.3 Å². The Hall–Kier alpha value is -2.35. The number of carbonyl (C=O) groups is 2. The van der Waals surface area contributed by atoms with E-state index in [1.807, 2.05) is 12.1 Å². The number of esters is 1. The molecule has 1 fully saturated rings. The van der Waals surface area contributed by atoms with Crippen LogP contribution in [0.25, 0.3) is 0 Å². The molecule has 0 saturated carbocycles. The van der Waals surface area contributed by atoms with Crippen molar-refractivity contribution in [3.63, 3.8) is 0 Å². The fourth-order valence-electron chi connectivity index (χ4n) is 2.60. The summed E-state index contributed by atoms with van der Waals surface area (Å²) in [6, 6.07) is 10.4. The summed E-state index contributed by atoms with van der Waals surface area (Å²) in [5.41, 5.74) is 0.652. The minimum atomic E-state index is -0.874. The Balaban J connectivity index is 2.18. The van der Waals surface area contributed by atoms with Gasteiger partial charge >= 0.3 is 5.97 Å². The SMILES string of the molecule is CCOC(=O)C1CCCN1C(=O)C(C#N)c1ccccc1. The van der Waals surface area contributed by atoms with Crippen LogP contribution in [0.3, 0.4) is 0 Å². The molecule has 1 saturated heterocycles. The predicted molar refractivity (Wildman–Crippen MR) is 76.2 cm³/mol. The van der Waals surface area contributed by atoms with Gasteiger partial charge in [-0.1, -0.05) is 30.3 Å². The molecule has 0 aliphatic carbocycles. The van der Waals surface area contributed by atoms with Crippen LogP contribution in [0.5, 0.6) is 0 Å². The van der Waals surface area contributed by atoms with Crippen molar-refractivity contribution in [1.82, 2.24) is 4.90 Å². The van der Waals surface area contributed by atoms with E-state index in [1.165, 1.54) is 4.90 Å². The van der Waals surface area contributed by atoms with Crippen LogP contribution < -0.4 is 0 Å². The van der Waals surface area contributed by atoms with E-state index in [-0.39, 0.29) is 18.5 Å². The first-order valence-electron chi connectivity index (χ1n) is 7.10. The normalized spacial score (nSPS) is 18.9. The zero-order valence-corrected chi connectivity index (χ0v) is 12.0. The van der Waals surface area contributed by atoms with Crippen molar-refractivity contribution in [1.29, 1.82) is 5.26 Å². The molecular weight excluding hydrogens is 268 g/mol. The van der Waals surface area contributed by atoms with Gasteiger partial charge in [-0.25, -0.2) is 4.79 Å². The number of nitriles is 1. The van der Waals surface area contributed by atoms with E-state index in [2.05, 4.69) is 0 Å². The van der Waals surface area contributed by atoms with Crippen LogP contribution in [0.2, 0.25) is 0 Å². The number of benzene rings is 1. The van der Waals surface area contributed by atoms with Gasteiger partial charge in [0.05, 0.1) is 12.7 Å². The molecule has 5 nitrogen and oxygen atoms in total. The Labute approximate surface area is 124 Å². The molecule has 2 atom stereocenters. The van der Waals surface area contributed by atoms with Gasteiger partial charge in [0.25, 0.3) is 0 Å². The number of hydrogen-bond acceptors (Lipinski definition) is 4. The maximum absolute atomic E-state index is 12.6. The molecule has 1 amide bonds. The lowest BCUT2D eigenvalue weighted by Gasteiger charge is -2.25. The first-order chi connectivity index (χ1) is 10.2. The van der Waals surface area contributed by atoms with Gasteiger partial charge in [-0.15, -0.1) is 0 Å². The largest absolute Gasteiger partial charge is 0.464 e. The number of nitrogens with zero attached hydrogens (tertiary/aromatic N) is 2. The molecule has 5 heteroatoms. The minimum absolute atomic E-state index is 0.289. The van der Waals surface area contributed by atoms with Crippen molar-refractivity contribution in [3.05, 3.63) is 35.9 Å². The smallest absolute Gasteiger partial charge is 0.328 e. The Morgan fingerprint density at radius 2 is 2.14 bits per heavy atom. The number of rotatable bonds is 4. The van der Waals surface area contributed by atoms with Gasteiger partial charge in [0, 0.05) is 6.54 Å². The first-order valence-corrected chi connectivity index (χ1v) is 7.10. The number of carbonyl (C=O) groups excluding carboxylic acids is 2. The fraction of sp³-hybridized carbons (Fsp3) is 0.438. The molecule has 0 N–H and O–H groups in total. The van der Waals surface area contributed by atoms with E-state index in [4.69, 9.17) is 4.74 Å². The van der Waals surface area contributed by atoms with Crippen LogP contribution in [0.1, 0.15) is 31.2 Å². The second-order valence-corrected chi connectivity index (χ2v) is 4.91. The maximum Gasteiger partial charge on any atom is 0.328 e. The van der Waals surface area contributed by atoms with Gasteiger partial charge in [-0.05, 0) is 25.3 Å². The molecule has 1 heterocycles. The summed E-state index contributed by atoms with van der Waals surface area (Å²) < 4.78 is 5.01. The number of ether oxygens (including phenoxy) is 1. The van der Waals surface area contributed by atoms with Gasteiger partial charge in [0.2, 0.25) is 5.91 Å². The average molecular weight is 286 g/mol. The lowest BCUT2D eigenvalue weighted by Crippen LogP contribution is -2.43. The summed E-state index contributed by atoms with van der Waals surface area (Å²) in [7, 11) is 0. The molecule has 2 rings (SSSR count). The van der Waals surface area contributed by atoms with Gasteiger partial charge < -0.3 is 9.64 Å². The zero-order valence-electron chi connectivity index (χ0n) is 12.0. The Bertz CT molecular complexity index is 550. The molecule has 1 aliphatic heterocycles. The van der Waals surface area contributed by atoms with E-state index in [1.54, 1.807) is 31.2 Å². The standard InChI is InChI=1S/C16H18N2O3/c1-2-21-16(20)14-9-6-10-18(14)15(19)13(11-17)12-7-4-3-5-8-12/h3-5,7-8,13-14H,2,6,9-10H2,1H3. The molecule has 0 aromatic heterocycles. The number of hydrogen-bond donors (Lipinski definition) is 0. The molecule has 110 valence electrons. The summed E-state index contributed by atoms with van der Waals surface area (Å²) in [5.74, 6) is -1.58. The van der Waals surface area contributed by atoms with Gasteiger partial charge in [-0.2, -0.15) is 5.26 Å². The summed E-state index contributed by atoms with van der Waals surface area (Å²) >= 11 is 0. The predicted octanol–water partition coefficient (Wildman–Crippen LogP) is 1.85. The van der Waals surface area contributed by atoms with Gasteiger partial charge in [0.1, 0.15) is 12.0 Å². The van der Waals surface area contributed by atoms with Crippen LogP contribution in [0, 0.1) is 11.3 Å². The molecule has 2 unspecified atom stereocenters. The molecule has 0 bridgehead atoms. The topological polar surface area (TPSA) is 70.4 Å². The van der Waals surface area contributed by atoms with E-state index >= 15 is 0 Å². The van der Waals surface area contributed by atoms with E-state index in [0.29, 0.717) is 18.5 Å². The summed E-state index contributed by atoms with van der Waals surface area (Å²) in [6.07, 6.45) is 1.35. The molecule has 1 aliphatic rings. The minimum Gasteiger partial charge on any atom is -0.464 e. The van der Waals surface area contributed by atoms with E-state index in [9.17, 15) is 14.9 Å². The van der Waals surface area contributed by atoms with Crippen molar-refractivity contribution in [3.8, 4) is 6.07 Å². The van der Waals surface area contributed by atoms with Crippen LogP contribution in [-0.2, 0) is 14.3 Å². The van der Waals surface area contributed by atoms with E-state index in [0.717, 1.165) is 6.42 Å². The van der Waals surface area contributed by atoms with Crippen LogP contribution in [0.4, 0.5) is 0 Å². The molecule has 1 aromatic rings. The number of amides is 1. The first kappa shape index (κ1) is 15.0. The highest BCUT2D eigenvalue weighted by molar-refractivity contribution is 5.91. The Kier molecular flexibility index (Phi) is 4.94. The van der Waals surface area contributed by atoms with Gasteiger partial charge in [0.15, 0.2) is 0 Å². The number of likely N-dealkylation sites (tertiary alicyclic amines) is 1. The van der Waals surface area contributed by atoms with Crippen molar-refractivity contribution in [2.45, 2.75) is 31.7 Å². The molecular formula is C16H18N2O3. The quantitative estimate of drug-likeness (QED) is 0.792. The highest BCUT2D eigenvalue weighted by Crippen LogP contribution is 2.25. The van der Waals surface area contributed by atoms with Crippen molar-refractivity contribution >= 4 is 11.9 Å². The highest BCUT2D eigenvalue weighted by atomic mass is 16.5. The van der Waals surface area contributed by atoms with Crippen LogP contribution in [-0.4, -0.2) is 36.0 Å². The molecule has 1 aromatic carbocycles. The third kappa shape index (κ3) is 3.22. The van der Waals surface area contributed by atoms with Crippen LogP contribution >= 0.6 is 0 Å². The Morgan fingerprint density at radius 1 is 1.43 bits per heavy atom. The fourth-order valence-corrected chi connectivity index (χ4v) is 2.60. The summed E-state index contributed by atoms with van der Waals surface area (Å²) in [4.78, 5) is 26.0. The average Bonchev–Trinajstić information content (AvgIpc) is 2.99. The monoisotopic (exact) mass is 286 g/mol. The van der Waals surface area contributed by atoms with Crippen molar-refractivity contribution in [2.24, 2.45) is 0 Å². The van der Waals surface area contributed by atoms with Gasteiger partial charge in [-0.3, -0.25) is 4.79 Å². The Morgan fingerprint density at radius 3 is 2.76 bits per heavy atom.